The van der Waals surface area contributed by atoms with Crippen LogP contribution in [-0.2, 0) is 33.8 Å². The molecular formula is C28H37IN2O4S. The van der Waals surface area contributed by atoms with Crippen molar-refractivity contribution in [2.24, 2.45) is 5.92 Å². The summed E-state index contributed by atoms with van der Waals surface area (Å²) in [4.78, 5) is 17.3. The number of esters is 1. The summed E-state index contributed by atoms with van der Waals surface area (Å²) in [6, 6.07) is 8.11. The second-order valence-corrected chi connectivity index (χ2v) is 17.0. The summed E-state index contributed by atoms with van der Waals surface area (Å²) in [6.45, 7) is 6.95. The minimum absolute atomic E-state index is 0.114. The van der Waals surface area contributed by atoms with Gasteiger partial charge in [-0.1, -0.05) is 6.07 Å². The first kappa shape index (κ1) is 27.3. The summed E-state index contributed by atoms with van der Waals surface area (Å²) >= 11 is 2.33. The summed E-state index contributed by atoms with van der Waals surface area (Å²) in [7, 11) is -0.577. The van der Waals surface area contributed by atoms with Gasteiger partial charge in [-0.05, 0) is 111 Å². The average Bonchev–Trinajstić information content (AvgIpc) is 3.11. The van der Waals surface area contributed by atoms with Gasteiger partial charge in [0.2, 0.25) is 0 Å². The fraction of sp³-hybridized carbons (Fsp3) is 0.500. The molecule has 196 valence electrons. The van der Waals surface area contributed by atoms with Gasteiger partial charge in [0.1, 0.15) is 29.5 Å². The van der Waals surface area contributed by atoms with Crippen LogP contribution >= 0.6 is 32.6 Å². The van der Waals surface area contributed by atoms with Crippen LogP contribution in [0.1, 0.15) is 38.3 Å². The minimum Gasteiger partial charge on any atom is -0.460 e. The van der Waals surface area contributed by atoms with Crippen molar-refractivity contribution in [3.05, 3.63) is 51.4 Å². The molecule has 0 saturated heterocycles. The highest BCUT2D eigenvalue weighted by Gasteiger charge is 2.29. The first-order valence-corrected chi connectivity index (χ1v) is 16.4. The van der Waals surface area contributed by atoms with Crippen LogP contribution in [0.3, 0.4) is 0 Å². The Morgan fingerprint density at radius 2 is 1.97 bits per heavy atom. The van der Waals surface area contributed by atoms with Crippen LogP contribution in [0, 0.1) is 9.49 Å². The molecule has 2 aromatic heterocycles. The second-order valence-electron chi connectivity index (χ2n) is 11.3. The lowest BCUT2D eigenvalue weighted by atomic mass is 9.84. The minimum atomic E-state index is -0.577. The van der Waals surface area contributed by atoms with Gasteiger partial charge in [0.15, 0.2) is 0 Å². The Bertz CT molecular complexity index is 1240. The SMILES string of the molecule is CC(C)(C)OC(=O)C1CCc2ccc(Oc3ccnc4c3c(I)cn4COCCS(C)(C)C)cc2C1. The average molecular weight is 625 g/mol. The molecule has 0 N–H and O–H groups in total. The molecule has 1 atom stereocenters. The van der Waals surface area contributed by atoms with E-state index in [0.717, 1.165) is 56.9 Å². The number of ether oxygens (including phenoxy) is 3. The standard InChI is InChI=1S/C28H37IN2O4S/c1-28(2,3)35-27(32)20-8-7-19-9-10-22(16-21(19)15-20)34-24-11-12-30-26-25(24)23(29)17-31(26)18-33-13-14-36(4,5)6/h9-12,16-17,20H,7-8,13-15,18H2,1-6H3. The number of hydrogen-bond acceptors (Lipinski definition) is 5. The highest BCUT2D eigenvalue weighted by atomic mass is 127. The summed E-state index contributed by atoms with van der Waals surface area (Å²) in [5, 5.41) is 0.979. The van der Waals surface area contributed by atoms with Gasteiger partial charge >= 0.3 is 5.97 Å². The van der Waals surface area contributed by atoms with Crippen molar-refractivity contribution >= 4 is 49.6 Å². The maximum absolute atomic E-state index is 12.7. The third-order valence-electron chi connectivity index (χ3n) is 6.12. The number of aryl methyl sites for hydroxylation is 1. The molecule has 36 heavy (non-hydrogen) atoms. The lowest BCUT2D eigenvalue weighted by molar-refractivity contribution is -0.160. The van der Waals surface area contributed by atoms with Gasteiger partial charge in [0, 0.05) is 21.7 Å². The predicted octanol–water partition coefficient (Wildman–Crippen LogP) is 6.55. The normalized spacial score (nSPS) is 16.6. The van der Waals surface area contributed by atoms with Crippen LogP contribution in [0.4, 0.5) is 0 Å². The van der Waals surface area contributed by atoms with E-state index in [4.69, 9.17) is 14.2 Å². The summed E-state index contributed by atoms with van der Waals surface area (Å²) in [5.74, 6) is 2.38. The molecule has 0 fully saturated rings. The highest BCUT2D eigenvalue weighted by molar-refractivity contribution is 14.1. The molecule has 1 aliphatic rings. The van der Waals surface area contributed by atoms with Gasteiger partial charge in [-0.15, -0.1) is 0 Å². The quantitative estimate of drug-likeness (QED) is 0.162. The third kappa shape index (κ3) is 6.95. The van der Waals surface area contributed by atoms with E-state index in [1.54, 1.807) is 6.20 Å². The maximum atomic E-state index is 12.7. The van der Waals surface area contributed by atoms with Crippen molar-refractivity contribution in [2.45, 2.75) is 52.4 Å². The Morgan fingerprint density at radius 1 is 1.19 bits per heavy atom. The summed E-state index contributed by atoms with van der Waals surface area (Å²) in [5.41, 5.74) is 2.81. The van der Waals surface area contributed by atoms with Crippen LogP contribution in [-0.4, -0.2) is 52.2 Å². The van der Waals surface area contributed by atoms with Crippen molar-refractivity contribution in [2.75, 3.05) is 31.1 Å². The van der Waals surface area contributed by atoms with Crippen LogP contribution in [0.2, 0.25) is 0 Å². The Morgan fingerprint density at radius 3 is 2.69 bits per heavy atom. The lowest BCUT2D eigenvalue weighted by Gasteiger charge is -2.27. The number of carbonyl (C=O) groups excluding carboxylic acids is 1. The number of hydrogen-bond donors (Lipinski definition) is 0. The molecule has 8 heteroatoms. The first-order chi connectivity index (χ1) is 16.9. The molecule has 6 nitrogen and oxygen atoms in total. The molecule has 2 heterocycles. The highest BCUT2D eigenvalue weighted by Crippen LogP contribution is 2.36. The number of fused-ring (bicyclic) bond motifs is 2. The maximum Gasteiger partial charge on any atom is 0.309 e. The Labute approximate surface area is 229 Å². The van der Waals surface area contributed by atoms with Crippen molar-refractivity contribution in [1.29, 1.82) is 0 Å². The second kappa shape index (κ2) is 10.9. The van der Waals surface area contributed by atoms with Gasteiger partial charge in [-0.2, -0.15) is 0 Å². The van der Waals surface area contributed by atoms with E-state index in [9.17, 15) is 4.79 Å². The topological polar surface area (TPSA) is 62.6 Å². The van der Waals surface area contributed by atoms with Crippen molar-refractivity contribution in [3.8, 4) is 11.5 Å². The van der Waals surface area contributed by atoms with E-state index in [0.29, 0.717) is 13.2 Å². The number of carbonyl (C=O) groups is 1. The van der Waals surface area contributed by atoms with Crippen LogP contribution < -0.4 is 4.74 Å². The van der Waals surface area contributed by atoms with Gasteiger partial charge < -0.3 is 18.8 Å². The first-order valence-electron chi connectivity index (χ1n) is 12.3. The molecule has 0 spiro atoms. The Hall–Kier alpha value is -1.78. The molecule has 4 rings (SSSR count). The van der Waals surface area contributed by atoms with E-state index < -0.39 is 15.6 Å². The van der Waals surface area contributed by atoms with Gasteiger partial charge in [0.05, 0.1) is 17.9 Å². The number of nitrogens with zero attached hydrogens (tertiary/aromatic N) is 2. The van der Waals surface area contributed by atoms with Gasteiger partial charge in [-0.25, -0.2) is 15.0 Å². The third-order valence-corrected chi connectivity index (χ3v) is 8.33. The molecule has 0 radical (unpaired) electrons. The van der Waals surface area contributed by atoms with Gasteiger partial charge in [-0.3, -0.25) is 4.79 Å². The zero-order chi connectivity index (χ0) is 26.1. The molecule has 0 aliphatic heterocycles. The fourth-order valence-electron chi connectivity index (χ4n) is 4.30. The van der Waals surface area contributed by atoms with Crippen molar-refractivity contribution in [3.63, 3.8) is 0 Å². The zero-order valence-electron chi connectivity index (χ0n) is 22.1. The summed E-state index contributed by atoms with van der Waals surface area (Å²) in [6.07, 6.45) is 13.1. The van der Waals surface area contributed by atoms with E-state index >= 15 is 0 Å². The molecule has 3 aromatic rings. The molecule has 1 unspecified atom stereocenters. The Kier molecular flexibility index (Phi) is 8.26. The molecule has 0 saturated carbocycles. The molecule has 1 aromatic carbocycles. The van der Waals surface area contributed by atoms with Crippen molar-refractivity contribution < 1.29 is 19.0 Å². The zero-order valence-corrected chi connectivity index (χ0v) is 25.1. The molecular weight excluding hydrogens is 587 g/mol. The van der Waals surface area contributed by atoms with E-state index in [1.807, 2.05) is 37.5 Å². The largest absolute Gasteiger partial charge is 0.460 e. The number of benzene rings is 1. The molecule has 1 aliphatic carbocycles. The van der Waals surface area contributed by atoms with Crippen molar-refractivity contribution in [1.82, 2.24) is 9.55 Å². The number of pyridine rings is 1. The van der Waals surface area contributed by atoms with Crippen LogP contribution in [0.25, 0.3) is 11.0 Å². The monoisotopic (exact) mass is 624 g/mol. The predicted molar refractivity (Wildman–Crippen MR) is 157 cm³/mol. The Balaban J connectivity index is 1.50. The number of halogens is 1. The van der Waals surface area contributed by atoms with E-state index in [-0.39, 0.29) is 11.9 Å². The smallest absolute Gasteiger partial charge is 0.309 e. The number of rotatable bonds is 8. The molecule has 0 bridgehead atoms. The van der Waals surface area contributed by atoms with E-state index in [2.05, 4.69) is 64.7 Å². The summed E-state index contributed by atoms with van der Waals surface area (Å²) < 4.78 is 21.1. The molecule has 0 amide bonds. The van der Waals surface area contributed by atoms with Gasteiger partial charge in [0.25, 0.3) is 0 Å². The van der Waals surface area contributed by atoms with E-state index in [1.165, 1.54) is 5.56 Å². The van der Waals surface area contributed by atoms with Crippen LogP contribution in [0.5, 0.6) is 11.5 Å². The number of aromatic nitrogens is 2. The lowest BCUT2D eigenvalue weighted by Crippen LogP contribution is -2.31. The fourth-order valence-corrected chi connectivity index (χ4v) is 5.76. The van der Waals surface area contributed by atoms with Crippen LogP contribution in [0.15, 0.2) is 36.7 Å².